The standard InChI is InChI=1S/C19H16NO4/c1-21-16-4-3-11-5-15-13-7-18-17(23-10-24-18)6-12(13)8-20(15)9-14(11)19(16)22-2/h3-7,9H,8,10H2,1-2H3/q+1. The van der Waals surface area contributed by atoms with Gasteiger partial charge in [0.15, 0.2) is 35.7 Å². The molecule has 5 heteroatoms. The summed E-state index contributed by atoms with van der Waals surface area (Å²) < 4.78 is 24.2. The number of ether oxygens (including phenoxy) is 4. The van der Waals surface area contributed by atoms with Crippen molar-refractivity contribution in [1.82, 2.24) is 0 Å². The minimum absolute atomic E-state index is 0.299. The van der Waals surface area contributed by atoms with E-state index in [-0.39, 0.29) is 0 Å². The van der Waals surface area contributed by atoms with Gasteiger partial charge in [0, 0.05) is 11.6 Å². The van der Waals surface area contributed by atoms with E-state index in [1.807, 2.05) is 6.07 Å². The van der Waals surface area contributed by atoms with E-state index in [1.54, 1.807) is 14.2 Å². The fourth-order valence-electron chi connectivity index (χ4n) is 3.58. The Balaban J connectivity index is 1.74. The first-order valence-electron chi connectivity index (χ1n) is 7.79. The third-order valence-corrected chi connectivity index (χ3v) is 4.72. The molecule has 0 radical (unpaired) electrons. The molecule has 3 heterocycles. The third kappa shape index (κ3) is 1.72. The summed E-state index contributed by atoms with van der Waals surface area (Å²) in [5, 5.41) is 2.15. The average molecular weight is 322 g/mol. The highest BCUT2D eigenvalue weighted by atomic mass is 16.7. The van der Waals surface area contributed by atoms with E-state index in [9.17, 15) is 0 Å². The summed E-state index contributed by atoms with van der Waals surface area (Å²) in [6.07, 6.45) is 2.12. The first-order chi connectivity index (χ1) is 11.8. The molecule has 1 aromatic heterocycles. The Morgan fingerprint density at radius 1 is 1.00 bits per heavy atom. The molecule has 0 aliphatic carbocycles. The second kappa shape index (κ2) is 4.77. The Bertz CT molecular complexity index is 997. The van der Waals surface area contributed by atoms with Gasteiger partial charge in [0.25, 0.3) is 0 Å². The summed E-state index contributed by atoms with van der Waals surface area (Å²) in [5.41, 5.74) is 3.60. The number of hydrogen-bond acceptors (Lipinski definition) is 4. The normalized spacial score (nSPS) is 13.8. The lowest BCUT2D eigenvalue weighted by molar-refractivity contribution is -0.670. The van der Waals surface area contributed by atoms with Crippen molar-refractivity contribution >= 4 is 10.8 Å². The number of aromatic nitrogens is 1. The number of hydrogen-bond donors (Lipinski definition) is 0. The zero-order valence-electron chi connectivity index (χ0n) is 13.5. The van der Waals surface area contributed by atoms with Gasteiger partial charge in [0.1, 0.15) is 0 Å². The molecule has 0 amide bonds. The van der Waals surface area contributed by atoms with E-state index in [4.69, 9.17) is 18.9 Å². The van der Waals surface area contributed by atoms with Crippen molar-refractivity contribution in [3.63, 3.8) is 0 Å². The molecule has 3 aromatic rings. The summed E-state index contributed by atoms with van der Waals surface area (Å²) in [6.45, 7) is 1.10. The predicted molar refractivity (Wildman–Crippen MR) is 87.9 cm³/mol. The maximum absolute atomic E-state index is 5.57. The summed E-state index contributed by atoms with van der Waals surface area (Å²) in [6, 6.07) is 10.3. The van der Waals surface area contributed by atoms with Crippen LogP contribution in [-0.2, 0) is 6.54 Å². The zero-order chi connectivity index (χ0) is 16.3. The minimum atomic E-state index is 0.299. The molecule has 0 unspecified atom stereocenters. The van der Waals surface area contributed by atoms with Gasteiger partial charge < -0.3 is 18.9 Å². The van der Waals surface area contributed by atoms with E-state index in [0.29, 0.717) is 6.79 Å². The van der Waals surface area contributed by atoms with E-state index in [0.717, 1.165) is 40.3 Å². The summed E-state index contributed by atoms with van der Waals surface area (Å²) >= 11 is 0. The van der Waals surface area contributed by atoms with E-state index < -0.39 is 0 Å². The van der Waals surface area contributed by atoms with Crippen LogP contribution in [0.15, 0.2) is 36.5 Å². The van der Waals surface area contributed by atoms with E-state index in [1.165, 1.54) is 16.8 Å². The second-order valence-electron chi connectivity index (χ2n) is 5.95. The molecule has 0 fully saturated rings. The van der Waals surface area contributed by atoms with Crippen LogP contribution in [0.2, 0.25) is 0 Å². The summed E-state index contributed by atoms with van der Waals surface area (Å²) in [4.78, 5) is 0. The van der Waals surface area contributed by atoms with Crippen molar-refractivity contribution < 1.29 is 23.5 Å². The van der Waals surface area contributed by atoms with Crippen LogP contribution in [0.25, 0.3) is 22.0 Å². The van der Waals surface area contributed by atoms with Gasteiger partial charge in [-0.15, -0.1) is 0 Å². The lowest BCUT2D eigenvalue weighted by Crippen LogP contribution is -2.31. The van der Waals surface area contributed by atoms with Crippen molar-refractivity contribution in [3.8, 4) is 34.3 Å². The zero-order valence-corrected chi connectivity index (χ0v) is 13.5. The SMILES string of the molecule is COc1ccc2cc3[n+](cc2c1OC)Cc1cc2c(cc1-3)OCO2. The van der Waals surface area contributed by atoms with Crippen molar-refractivity contribution in [2.45, 2.75) is 6.54 Å². The fourth-order valence-corrected chi connectivity index (χ4v) is 3.58. The van der Waals surface area contributed by atoms with Gasteiger partial charge >= 0.3 is 0 Å². The van der Waals surface area contributed by atoms with Crippen LogP contribution in [0.3, 0.4) is 0 Å². The molecule has 0 spiro atoms. The van der Waals surface area contributed by atoms with Crippen molar-refractivity contribution in [2.24, 2.45) is 0 Å². The van der Waals surface area contributed by atoms with Crippen LogP contribution in [0, 0.1) is 0 Å². The van der Waals surface area contributed by atoms with Gasteiger partial charge in [-0.05, 0) is 29.7 Å². The lowest BCUT2D eigenvalue weighted by Gasteiger charge is -2.10. The van der Waals surface area contributed by atoms with E-state index in [2.05, 4.69) is 35.0 Å². The van der Waals surface area contributed by atoms with Crippen LogP contribution < -0.4 is 23.5 Å². The molecule has 0 saturated carbocycles. The number of pyridine rings is 1. The Labute approximate surface area is 139 Å². The molecule has 0 saturated heterocycles. The molecule has 0 bridgehead atoms. The first-order valence-corrected chi connectivity index (χ1v) is 7.79. The number of nitrogens with zero attached hydrogens (tertiary/aromatic N) is 1. The van der Waals surface area contributed by atoms with Gasteiger partial charge in [-0.1, -0.05) is 0 Å². The predicted octanol–water partition coefficient (Wildman–Crippen LogP) is 2.90. The highest BCUT2D eigenvalue weighted by Crippen LogP contribution is 2.42. The van der Waals surface area contributed by atoms with Crippen molar-refractivity contribution in [1.29, 1.82) is 0 Å². The number of rotatable bonds is 2. The van der Waals surface area contributed by atoms with Crippen LogP contribution >= 0.6 is 0 Å². The van der Waals surface area contributed by atoms with E-state index >= 15 is 0 Å². The number of benzene rings is 2. The van der Waals surface area contributed by atoms with Gasteiger partial charge in [0.2, 0.25) is 12.5 Å². The molecule has 5 nitrogen and oxygen atoms in total. The molecule has 2 aromatic carbocycles. The monoisotopic (exact) mass is 322 g/mol. The molecule has 24 heavy (non-hydrogen) atoms. The molecule has 0 N–H and O–H groups in total. The lowest BCUT2D eigenvalue weighted by atomic mass is 10.0. The van der Waals surface area contributed by atoms with Crippen LogP contribution in [0.5, 0.6) is 23.0 Å². The van der Waals surface area contributed by atoms with Crippen molar-refractivity contribution in [2.75, 3.05) is 21.0 Å². The van der Waals surface area contributed by atoms with Gasteiger partial charge in [0.05, 0.1) is 25.2 Å². The van der Waals surface area contributed by atoms with Gasteiger partial charge in [-0.25, -0.2) is 0 Å². The smallest absolute Gasteiger partial charge is 0.231 e. The number of methoxy groups -OCH3 is 2. The highest BCUT2D eigenvalue weighted by molar-refractivity contribution is 5.92. The highest BCUT2D eigenvalue weighted by Gasteiger charge is 2.31. The Hall–Kier alpha value is -2.95. The van der Waals surface area contributed by atoms with Crippen molar-refractivity contribution in [3.05, 3.63) is 42.1 Å². The maximum atomic E-state index is 5.57. The molecule has 2 aliphatic heterocycles. The second-order valence-corrected chi connectivity index (χ2v) is 5.95. The summed E-state index contributed by atoms with van der Waals surface area (Å²) in [7, 11) is 3.32. The quantitative estimate of drug-likeness (QED) is 0.532. The van der Waals surface area contributed by atoms with Gasteiger partial charge in [-0.3, -0.25) is 0 Å². The third-order valence-electron chi connectivity index (χ3n) is 4.72. The van der Waals surface area contributed by atoms with Crippen LogP contribution in [-0.4, -0.2) is 21.0 Å². The molecule has 120 valence electrons. The molecule has 5 rings (SSSR count). The first kappa shape index (κ1) is 13.5. The number of fused-ring (bicyclic) bond motifs is 5. The topological polar surface area (TPSA) is 40.8 Å². The summed E-state index contributed by atoms with van der Waals surface area (Å²) in [5.74, 6) is 3.14. The largest absolute Gasteiger partial charge is 0.493 e. The molecule has 2 aliphatic rings. The fraction of sp³-hybridized carbons (Fsp3) is 0.211. The van der Waals surface area contributed by atoms with Crippen LogP contribution in [0.4, 0.5) is 0 Å². The molecular formula is C19H16NO4+. The Morgan fingerprint density at radius 2 is 1.83 bits per heavy atom. The van der Waals surface area contributed by atoms with Gasteiger partial charge in [-0.2, -0.15) is 4.57 Å². The molecular weight excluding hydrogens is 306 g/mol. The Kier molecular flexibility index (Phi) is 2.68. The maximum Gasteiger partial charge on any atom is 0.231 e. The minimum Gasteiger partial charge on any atom is -0.493 e. The Morgan fingerprint density at radius 3 is 2.62 bits per heavy atom. The van der Waals surface area contributed by atoms with Crippen LogP contribution in [0.1, 0.15) is 5.56 Å². The molecule has 0 atom stereocenters. The average Bonchev–Trinajstić information content (AvgIpc) is 3.19.